The summed E-state index contributed by atoms with van der Waals surface area (Å²) in [6, 6.07) is 10.8. The highest BCUT2D eigenvalue weighted by molar-refractivity contribution is 6.33. The molecule has 134 valence electrons. The van der Waals surface area contributed by atoms with Crippen molar-refractivity contribution in [2.75, 3.05) is 26.2 Å². The normalized spacial score (nSPS) is 15.3. The predicted octanol–water partition coefficient (Wildman–Crippen LogP) is 2.94. The topological polar surface area (TPSA) is 75.6 Å². The van der Waals surface area contributed by atoms with Gasteiger partial charge in [-0.1, -0.05) is 23.7 Å². The highest BCUT2D eigenvalue weighted by Crippen LogP contribution is 2.26. The lowest BCUT2D eigenvalue weighted by atomic mass is 10.2. The molecule has 1 fully saturated rings. The molecule has 0 bridgehead atoms. The molecule has 8 heteroatoms. The summed E-state index contributed by atoms with van der Waals surface area (Å²) in [6.45, 7) is 3.27. The van der Waals surface area contributed by atoms with Gasteiger partial charge in [0, 0.05) is 26.2 Å². The van der Waals surface area contributed by atoms with Gasteiger partial charge in [-0.2, -0.15) is 0 Å². The predicted molar refractivity (Wildman–Crippen MR) is 94.6 cm³/mol. The average molecular weight is 373 g/mol. The van der Waals surface area contributed by atoms with Crippen LogP contribution >= 0.6 is 11.6 Å². The van der Waals surface area contributed by atoms with Crippen LogP contribution in [0.4, 0.5) is 0 Å². The Morgan fingerprint density at radius 3 is 2.62 bits per heavy atom. The van der Waals surface area contributed by atoms with E-state index in [9.17, 15) is 4.79 Å². The Hall–Kier alpha value is -2.64. The molecule has 1 aliphatic rings. The van der Waals surface area contributed by atoms with Crippen LogP contribution in [0.2, 0.25) is 5.02 Å². The standard InChI is InChI=1S/C18H17ClN4O3/c19-14-5-2-1-4-13(14)17-21-20-16(26-17)12-22-7-9-23(10-8-22)18(24)15-6-3-11-25-15/h1-6,11H,7-10,12H2. The summed E-state index contributed by atoms with van der Waals surface area (Å²) >= 11 is 6.16. The highest BCUT2D eigenvalue weighted by atomic mass is 35.5. The summed E-state index contributed by atoms with van der Waals surface area (Å²) in [5.74, 6) is 1.25. The minimum Gasteiger partial charge on any atom is -0.459 e. The summed E-state index contributed by atoms with van der Waals surface area (Å²) in [7, 11) is 0. The van der Waals surface area contributed by atoms with Crippen LogP contribution in [0.15, 0.2) is 51.5 Å². The van der Waals surface area contributed by atoms with Crippen molar-refractivity contribution in [3.05, 3.63) is 59.3 Å². The number of furan rings is 1. The number of aromatic nitrogens is 2. The van der Waals surface area contributed by atoms with Crippen molar-refractivity contribution in [3.8, 4) is 11.5 Å². The molecule has 3 aromatic rings. The molecule has 2 aromatic heterocycles. The zero-order valence-electron chi connectivity index (χ0n) is 14.0. The first-order valence-electron chi connectivity index (χ1n) is 8.33. The van der Waals surface area contributed by atoms with E-state index in [1.807, 2.05) is 18.2 Å². The van der Waals surface area contributed by atoms with Gasteiger partial charge in [0.2, 0.25) is 11.8 Å². The minimum absolute atomic E-state index is 0.0755. The third-order valence-electron chi connectivity index (χ3n) is 4.32. The molecule has 4 rings (SSSR count). The zero-order valence-corrected chi connectivity index (χ0v) is 14.7. The summed E-state index contributed by atoms with van der Waals surface area (Å²) in [4.78, 5) is 16.2. The van der Waals surface area contributed by atoms with Crippen LogP contribution in [0.3, 0.4) is 0 Å². The van der Waals surface area contributed by atoms with Crippen LogP contribution < -0.4 is 0 Å². The molecule has 3 heterocycles. The Morgan fingerprint density at radius 2 is 1.88 bits per heavy atom. The third-order valence-corrected chi connectivity index (χ3v) is 4.65. The lowest BCUT2D eigenvalue weighted by Gasteiger charge is -2.33. The van der Waals surface area contributed by atoms with Gasteiger partial charge in [-0.15, -0.1) is 10.2 Å². The summed E-state index contributed by atoms with van der Waals surface area (Å²) in [6.07, 6.45) is 1.51. The van der Waals surface area contributed by atoms with E-state index < -0.39 is 0 Å². The molecule has 0 N–H and O–H groups in total. The molecule has 0 saturated carbocycles. The lowest BCUT2D eigenvalue weighted by Crippen LogP contribution is -2.48. The Balaban J connectivity index is 1.35. The molecule has 0 aliphatic carbocycles. The molecule has 0 radical (unpaired) electrons. The number of hydrogen-bond donors (Lipinski definition) is 0. The minimum atomic E-state index is -0.0755. The first-order chi connectivity index (χ1) is 12.7. The maximum absolute atomic E-state index is 12.3. The third kappa shape index (κ3) is 3.49. The number of rotatable bonds is 4. The molecule has 1 amide bonds. The SMILES string of the molecule is O=C(c1ccco1)N1CCN(Cc2nnc(-c3ccccc3Cl)o2)CC1. The van der Waals surface area contributed by atoms with E-state index in [4.69, 9.17) is 20.4 Å². The van der Waals surface area contributed by atoms with Gasteiger partial charge in [0.25, 0.3) is 5.91 Å². The fourth-order valence-electron chi connectivity index (χ4n) is 2.92. The summed E-state index contributed by atoms with van der Waals surface area (Å²) < 4.78 is 10.9. The number of nitrogens with zero attached hydrogens (tertiary/aromatic N) is 4. The van der Waals surface area contributed by atoms with Crippen LogP contribution in [0.25, 0.3) is 11.5 Å². The van der Waals surface area contributed by atoms with Crippen molar-refractivity contribution in [1.29, 1.82) is 0 Å². The fourth-order valence-corrected chi connectivity index (χ4v) is 3.13. The number of benzene rings is 1. The number of hydrogen-bond acceptors (Lipinski definition) is 6. The molecule has 1 aliphatic heterocycles. The van der Waals surface area contributed by atoms with E-state index >= 15 is 0 Å². The van der Waals surface area contributed by atoms with Gasteiger partial charge in [0.15, 0.2) is 5.76 Å². The molecule has 1 saturated heterocycles. The average Bonchev–Trinajstić information content (AvgIpc) is 3.34. The maximum Gasteiger partial charge on any atom is 0.289 e. The number of amides is 1. The molecule has 1 aromatic carbocycles. The fraction of sp³-hybridized carbons (Fsp3) is 0.278. The Labute approximate surface area is 155 Å². The first-order valence-corrected chi connectivity index (χ1v) is 8.71. The van der Waals surface area contributed by atoms with Gasteiger partial charge in [-0.25, -0.2) is 0 Å². The van der Waals surface area contributed by atoms with Crippen LogP contribution in [0.5, 0.6) is 0 Å². The molecular formula is C18H17ClN4O3. The molecular weight excluding hydrogens is 356 g/mol. The smallest absolute Gasteiger partial charge is 0.289 e. The summed E-state index contributed by atoms with van der Waals surface area (Å²) in [5, 5.41) is 8.77. The van der Waals surface area contributed by atoms with Crippen LogP contribution in [0.1, 0.15) is 16.4 Å². The van der Waals surface area contributed by atoms with Crippen LogP contribution in [0, 0.1) is 0 Å². The second-order valence-electron chi connectivity index (χ2n) is 6.03. The van der Waals surface area contributed by atoms with Crippen molar-refractivity contribution in [2.24, 2.45) is 0 Å². The van der Waals surface area contributed by atoms with E-state index in [0.29, 0.717) is 42.2 Å². The second-order valence-corrected chi connectivity index (χ2v) is 6.43. The van der Waals surface area contributed by atoms with Gasteiger partial charge in [-0.3, -0.25) is 9.69 Å². The quantitative estimate of drug-likeness (QED) is 0.701. The van der Waals surface area contributed by atoms with E-state index in [1.165, 1.54) is 6.26 Å². The highest BCUT2D eigenvalue weighted by Gasteiger charge is 2.24. The van der Waals surface area contributed by atoms with E-state index in [-0.39, 0.29) is 5.91 Å². The Bertz CT molecular complexity index is 885. The van der Waals surface area contributed by atoms with Gasteiger partial charge >= 0.3 is 0 Å². The van der Waals surface area contributed by atoms with Crippen molar-refractivity contribution in [3.63, 3.8) is 0 Å². The number of halogens is 1. The van der Waals surface area contributed by atoms with Crippen molar-refractivity contribution >= 4 is 17.5 Å². The van der Waals surface area contributed by atoms with E-state index in [0.717, 1.165) is 18.7 Å². The number of piperazine rings is 1. The number of carbonyl (C=O) groups excluding carboxylic acids is 1. The van der Waals surface area contributed by atoms with Gasteiger partial charge in [0.1, 0.15) is 0 Å². The van der Waals surface area contributed by atoms with Crippen molar-refractivity contribution in [1.82, 2.24) is 20.0 Å². The van der Waals surface area contributed by atoms with Gasteiger partial charge < -0.3 is 13.7 Å². The van der Waals surface area contributed by atoms with Crippen LogP contribution in [-0.4, -0.2) is 52.1 Å². The monoisotopic (exact) mass is 372 g/mol. The van der Waals surface area contributed by atoms with E-state index in [2.05, 4.69) is 15.1 Å². The molecule has 0 unspecified atom stereocenters. The van der Waals surface area contributed by atoms with Gasteiger partial charge in [0.05, 0.1) is 23.4 Å². The van der Waals surface area contributed by atoms with Crippen molar-refractivity contribution in [2.45, 2.75) is 6.54 Å². The summed E-state index contributed by atoms with van der Waals surface area (Å²) in [5.41, 5.74) is 0.724. The maximum atomic E-state index is 12.3. The van der Waals surface area contributed by atoms with Crippen molar-refractivity contribution < 1.29 is 13.6 Å². The largest absolute Gasteiger partial charge is 0.459 e. The molecule has 0 spiro atoms. The van der Waals surface area contributed by atoms with Gasteiger partial charge in [-0.05, 0) is 24.3 Å². The molecule has 0 atom stereocenters. The van der Waals surface area contributed by atoms with Crippen LogP contribution in [-0.2, 0) is 6.54 Å². The number of carbonyl (C=O) groups is 1. The molecule has 7 nitrogen and oxygen atoms in total. The first kappa shape index (κ1) is 16.8. The van der Waals surface area contributed by atoms with E-state index in [1.54, 1.807) is 23.1 Å². The Morgan fingerprint density at radius 1 is 1.08 bits per heavy atom. The Kier molecular flexibility index (Phi) is 4.73. The molecule has 26 heavy (non-hydrogen) atoms. The zero-order chi connectivity index (χ0) is 17.9. The lowest BCUT2D eigenvalue weighted by molar-refractivity contribution is 0.0588. The second kappa shape index (κ2) is 7.31.